The van der Waals surface area contributed by atoms with Crippen LogP contribution in [0.1, 0.15) is 387 Å². The molecule has 2 saturated carbocycles. The normalized spacial score (nSPS) is 21.6. The molecule has 0 nitrogen and oxygen atoms in total. The van der Waals surface area contributed by atoms with Gasteiger partial charge in [0.25, 0.3) is 0 Å². The summed E-state index contributed by atoms with van der Waals surface area (Å²) in [6, 6.07) is 74.4. The number of hydrogen-bond donors (Lipinski definition) is 0. The first-order chi connectivity index (χ1) is 68.0. The molecule has 149 heavy (non-hydrogen) atoms. The quantitative estimate of drug-likeness (QED) is 0.0845. The predicted octanol–water partition coefficient (Wildman–Crippen LogP) is 43.3. The summed E-state index contributed by atoms with van der Waals surface area (Å²) in [5.74, 6) is 4.10. The molecule has 8 aliphatic rings. The third kappa shape index (κ3) is 23.6. The molecule has 10 aromatic carbocycles. The van der Waals surface area contributed by atoms with Gasteiger partial charge in [-0.3, -0.25) is 0 Å². The SMILES string of the molecule is CC1=CC=C(c2cc(C(C)(C)C)cc(C(C)(C)C)c2)C2CC(C)C([Si](C)(C)C3C(C)CC4C(c5ccc(C(C)(C)C)cc5)=CC=CC43)C12.CC1=Cc2c(-c3ccc(C(C)(C)C)cc3)cccc2C1[Si](C)(C)C1C(C)=Cc2c(-c3cc(C(C)(C)C)cc(C(C)(C)C)c3)ccc(C)c21.CC1=Cc2c(-c3ccc(C(C)(C)C)cc3)cccc2C1[Si](C)(C)C1C(C)=Cc2c(C)ccc(-c3cc(C(C)(C)C)cc(C(C)(C)C)c3)c21.[CH3-].[CH3-].[Cl][Zr+2][Cl]. The Morgan fingerprint density at radius 2 is 0.591 bits per heavy atom. The van der Waals surface area contributed by atoms with Gasteiger partial charge in [-0.15, -0.1) is 0 Å². The van der Waals surface area contributed by atoms with Crippen LogP contribution >= 0.6 is 17.0 Å². The molecule has 790 valence electrons. The Morgan fingerprint density at radius 1 is 0.275 bits per heavy atom. The van der Waals surface area contributed by atoms with E-state index in [4.69, 9.17) is 17.0 Å². The van der Waals surface area contributed by atoms with E-state index in [9.17, 15) is 0 Å². The third-order valence-corrected chi connectivity index (χ3v) is 50.6. The summed E-state index contributed by atoms with van der Waals surface area (Å²) in [4.78, 5) is 0. The Bertz CT molecular complexity index is 6820. The molecule has 0 aliphatic heterocycles. The van der Waals surface area contributed by atoms with Crippen LogP contribution < -0.4 is 0 Å². The van der Waals surface area contributed by atoms with Gasteiger partial charge in [-0.1, -0.05) is 511 Å². The molecule has 12 atom stereocenters. The zero-order valence-electron chi connectivity index (χ0n) is 101. The van der Waals surface area contributed by atoms with Gasteiger partial charge in [0.1, 0.15) is 0 Å². The molecular weight excluding hydrogens is 1960 g/mol. The molecule has 8 aliphatic carbocycles. The van der Waals surface area contributed by atoms with Crippen LogP contribution in [0.2, 0.25) is 50.4 Å². The Hall–Kier alpha value is -7.77. The minimum absolute atomic E-state index is 0. The number of halogens is 2. The fourth-order valence-corrected chi connectivity index (χ4v) is 45.0. The van der Waals surface area contributed by atoms with Gasteiger partial charge in [0.15, 0.2) is 0 Å². The van der Waals surface area contributed by atoms with E-state index >= 15 is 0 Å². The Labute approximate surface area is 930 Å². The van der Waals surface area contributed by atoms with E-state index in [2.05, 4.69) is 531 Å². The van der Waals surface area contributed by atoms with Crippen molar-refractivity contribution in [3.05, 3.63) is 378 Å². The van der Waals surface area contributed by atoms with E-state index in [-0.39, 0.29) is 63.6 Å². The molecule has 0 bridgehead atoms. The van der Waals surface area contributed by atoms with Gasteiger partial charge in [0, 0.05) is 22.2 Å². The molecule has 0 aromatic heterocycles. The van der Waals surface area contributed by atoms with Crippen molar-refractivity contribution in [2.45, 2.75) is 383 Å². The number of benzene rings is 10. The van der Waals surface area contributed by atoms with Crippen molar-refractivity contribution in [2.24, 2.45) is 35.5 Å². The van der Waals surface area contributed by atoms with Crippen LogP contribution in [0.4, 0.5) is 0 Å². The summed E-state index contributed by atoms with van der Waals surface area (Å²) in [5.41, 5.74) is 56.9. The fraction of sp³-hybridized carbons (Fsp3) is 0.455. The summed E-state index contributed by atoms with van der Waals surface area (Å²) in [7, 11) is 4.08. The van der Waals surface area contributed by atoms with E-state index in [1.54, 1.807) is 27.8 Å². The maximum atomic E-state index is 4.93. The molecular formula is C143H188Cl2Si3Zr. The molecule has 0 spiro atoms. The zero-order valence-corrected chi connectivity index (χ0v) is 108. The van der Waals surface area contributed by atoms with Crippen molar-refractivity contribution in [3.63, 3.8) is 0 Å². The summed E-state index contributed by atoms with van der Waals surface area (Å²) in [5, 5.41) is 0. The molecule has 10 aromatic rings. The van der Waals surface area contributed by atoms with Gasteiger partial charge in [-0.05, 0) is 329 Å². The van der Waals surface area contributed by atoms with Crippen LogP contribution in [0.3, 0.4) is 0 Å². The van der Waals surface area contributed by atoms with Crippen LogP contribution in [0, 0.1) is 64.2 Å². The number of hydrogen-bond acceptors (Lipinski definition) is 0. The molecule has 0 amide bonds. The van der Waals surface area contributed by atoms with Crippen LogP contribution in [-0.2, 0) is 69.6 Å². The first kappa shape index (κ1) is 118. The van der Waals surface area contributed by atoms with Gasteiger partial charge in [0.2, 0.25) is 0 Å². The number of aryl methyl sites for hydroxylation is 2. The van der Waals surface area contributed by atoms with Crippen molar-refractivity contribution >= 4 is 76.7 Å². The van der Waals surface area contributed by atoms with E-state index in [0.717, 1.165) is 22.9 Å². The summed E-state index contributed by atoms with van der Waals surface area (Å²) >= 11 is -0.826. The van der Waals surface area contributed by atoms with Gasteiger partial charge in [-0.25, -0.2) is 0 Å². The summed E-state index contributed by atoms with van der Waals surface area (Å²) in [6.07, 6.45) is 25.3. The standard InChI is InChI=1S/C47H58Si.C47H66Si.C47H58Si.2CH3.2ClH.Zr/c1-29-18-23-38(33-26-35(46(7,8)9)28-36(27-33)47(10,11)12)42-40(29)24-31(3)44(42)48(13,14)43-30(2)25-41-37(16-15-17-39(41)43)32-19-21-34(22-20-32)45(4,5)6;2*1-29-18-23-38(33-26-35(46(7,8)9)28-36(27-33)47(10,11)12)41-25-31(3)44(42(29)41)48(13,14)43-30(2)24-40-37(16-15-17-39(40)43)32-19-21-34(22-20-32)45(4,5)6;;;;;/h15-28,43-44H,1-14H3;15-23,26-28,30-31,39-44H,24-25H2,1-14H3;15-28,43-44H,1-14H3;2*1H3;2*1H;/q;;;2*-1;;;+4/p-2. The maximum absolute atomic E-state index is 4.93. The van der Waals surface area contributed by atoms with E-state index in [1.165, 1.54) is 185 Å². The van der Waals surface area contributed by atoms with Gasteiger partial charge < -0.3 is 14.9 Å². The molecule has 6 heteroatoms. The van der Waals surface area contributed by atoms with Gasteiger partial charge in [0.05, 0.1) is 24.2 Å². The van der Waals surface area contributed by atoms with Crippen molar-refractivity contribution in [2.75, 3.05) is 0 Å². The molecule has 12 unspecified atom stereocenters. The third-order valence-electron chi connectivity index (χ3n) is 36.3. The minimum atomic E-state index is -2.05. The van der Waals surface area contributed by atoms with Gasteiger partial charge >= 0.3 is 37.9 Å². The fourth-order valence-electron chi connectivity index (χ4n) is 28.6. The van der Waals surface area contributed by atoms with Crippen LogP contribution in [0.5, 0.6) is 0 Å². The zero-order chi connectivity index (χ0) is 108. The summed E-state index contributed by atoms with van der Waals surface area (Å²) in [6.45, 7) is 101. The predicted molar refractivity (Wildman–Crippen MR) is 669 cm³/mol. The van der Waals surface area contributed by atoms with Crippen molar-refractivity contribution in [1.29, 1.82) is 0 Å². The van der Waals surface area contributed by atoms with Crippen LogP contribution in [-0.4, -0.2) is 24.2 Å². The monoisotopic (exact) mass is 2150 g/mol. The van der Waals surface area contributed by atoms with E-state index in [1.807, 2.05) is 0 Å². The van der Waals surface area contributed by atoms with Crippen molar-refractivity contribution in [3.8, 4) is 44.5 Å². The van der Waals surface area contributed by atoms with Crippen molar-refractivity contribution in [1.82, 2.24) is 0 Å². The molecule has 0 N–H and O–H groups in total. The average Bonchev–Trinajstić information content (AvgIpc) is 1.58. The Kier molecular flexibility index (Phi) is 34.2. The second-order valence-corrected chi connectivity index (χ2v) is 76.0. The van der Waals surface area contributed by atoms with E-state index in [0.29, 0.717) is 45.8 Å². The summed E-state index contributed by atoms with van der Waals surface area (Å²) < 4.78 is 0. The molecule has 0 radical (unpaired) electrons. The number of fused-ring (bicyclic) bond motifs is 6. The van der Waals surface area contributed by atoms with Crippen molar-refractivity contribution < 1.29 is 20.8 Å². The first-order valence-electron chi connectivity index (χ1n) is 55.8. The first-order valence-corrected chi connectivity index (χ1v) is 71.6. The van der Waals surface area contributed by atoms with E-state index < -0.39 is 45.1 Å². The second kappa shape index (κ2) is 43.1. The molecule has 0 saturated heterocycles. The number of rotatable bonds is 12. The average molecular weight is 2150 g/mol. The topological polar surface area (TPSA) is 0 Å². The Balaban J connectivity index is 0.000000183. The van der Waals surface area contributed by atoms with Crippen LogP contribution in [0.25, 0.3) is 80.0 Å². The van der Waals surface area contributed by atoms with Crippen LogP contribution in [0.15, 0.2) is 246 Å². The number of allylic oxidation sites excluding steroid dienone is 12. The molecule has 0 heterocycles. The molecule has 2 fully saturated rings. The van der Waals surface area contributed by atoms with Gasteiger partial charge in [-0.2, -0.15) is 0 Å². The second-order valence-electron chi connectivity index (χ2n) is 57.7. The Morgan fingerprint density at radius 3 is 0.987 bits per heavy atom. The molecule has 18 rings (SSSR count).